The van der Waals surface area contributed by atoms with Gasteiger partial charge in [-0.15, -0.1) is 11.3 Å². The summed E-state index contributed by atoms with van der Waals surface area (Å²) in [6, 6.07) is 4.83. The number of amides is 1. The molecule has 2 rings (SSSR count). The topological polar surface area (TPSA) is 41.6 Å². The zero-order chi connectivity index (χ0) is 15.5. The highest BCUT2D eigenvalue weighted by Crippen LogP contribution is 2.18. The van der Waals surface area contributed by atoms with E-state index in [0.717, 1.165) is 32.5 Å². The van der Waals surface area contributed by atoms with Crippen LogP contribution in [0.25, 0.3) is 0 Å². The second-order valence-corrected chi connectivity index (χ2v) is 8.01. The number of ether oxygens (including phenoxy) is 1. The van der Waals surface area contributed by atoms with Gasteiger partial charge in [-0.05, 0) is 52.7 Å². The lowest BCUT2D eigenvalue weighted by Gasteiger charge is -2.33. The maximum atomic E-state index is 12.0. The van der Waals surface area contributed by atoms with Gasteiger partial charge in [0, 0.05) is 35.4 Å². The van der Waals surface area contributed by atoms with Crippen molar-refractivity contribution in [1.29, 1.82) is 0 Å². The number of rotatable bonds is 3. The van der Waals surface area contributed by atoms with Crippen LogP contribution in [0.3, 0.4) is 0 Å². The van der Waals surface area contributed by atoms with Crippen molar-refractivity contribution in [2.45, 2.75) is 58.7 Å². The SMILES string of the molecule is Cc1ccc(CNC2CCN(C(=O)OC(C)(C)C)CC2)s1. The second kappa shape index (κ2) is 6.79. The Morgan fingerprint density at radius 1 is 1.38 bits per heavy atom. The van der Waals surface area contributed by atoms with Gasteiger partial charge >= 0.3 is 6.09 Å². The molecule has 0 aromatic carbocycles. The second-order valence-electron chi connectivity index (χ2n) is 6.63. The fourth-order valence-corrected chi connectivity index (χ4v) is 3.26. The summed E-state index contributed by atoms with van der Waals surface area (Å²) in [5.74, 6) is 0. The van der Waals surface area contributed by atoms with Gasteiger partial charge in [0.1, 0.15) is 5.60 Å². The lowest BCUT2D eigenvalue weighted by atomic mass is 10.1. The zero-order valence-corrected chi connectivity index (χ0v) is 14.3. The number of carbonyl (C=O) groups excluding carboxylic acids is 1. The lowest BCUT2D eigenvalue weighted by Crippen LogP contribution is -2.46. The highest BCUT2D eigenvalue weighted by Gasteiger charge is 2.26. The minimum absolute atomic E-state index is 0.185. The highest BCUT2D eigenvalue weighted by molar-refractivity contribution is 7.11. The normalized spacial score (nSPS) is 17.0. The van der Waals surface area contributed by atoms with Gasteiger partial charge in [-0.3, -0.25) is 0 Å². The summed E-state index contributed by atoms with van der Waals surface area (Å²) >= 11 is 1.84. The first kappa shape index (κ1) is 16.3. The summed E-state index contributed by atoms with van der Waals surface area (Å²) in [5, 5.41) is 3.59. The van der Waals surface area contributed by atoms with E-state index in [9.17, 15) is 4.79 Å². The van der Waals surface area contributed by atoms with Crippen molar-refractivity contribution in [2.75, 3.05) is 13.1 Å². The molecule has 1 aliphatic rings. The van der Waals surface area contributed by atoms with Gasteiger partial charge in [0.05, 0.1) is 0 Å². The van der Waals surface area contributed by atoms with Gasteiger partial charge in [-0.1, -0.05) is 0 Å². The standard InChI is InChI=1S/C16H26N2O2S/c1-12-5-6-14(21-12)11-17-13-7-9-18(10-8-13)15(19)20-16(2,3)4/h5-6,13,17H,7-11H2,1-4H3. The zero-order valence-electron chi connectivity index (χ0n) is 13.4. The van der Waals surface area contributed by atoms with E-state index >= 15 is 0 Å². The van der Waals surface area contributed by atoms with Gasteiger partial charge in [-0.25, -0.2) is 4.79 Å². The van der Waals surface area contributed by atoms with Crippen LogP contribution < -0.4 is 5.32 Å². The smallest absolute Gasteiger partial charge is 0.410 e. The Morgan fingerprint density at radius 2 is 2.05 bits per heavy atom. The molecular formula is C16H26N2O2S. The van der Waals surface area contributed by atoms with Crippen LogP contribution >= 0.6 is 11.3 Å². The number of aryl methyl sites for hydroxylation is 1. The van der Waals surface area contributed by atoms with Crippen LogP contribution in [0, 0.1) is 6.92 Å². The van der Waals surface area contributed by atoms with Crippen LogP contribution in [0.1, 0.15) is 43.4 Å². The van der Waals surface area contributed by atoms with E-state index < -0.39 is 5.60 Å². The molecule has 1 aliphatic heterocycles. The highest BCUT2D eigenvalue weighted by atomic mass is 32.1. The average Bonchev–Trinajstić information content (AvgIpc) is 2.81. The maximum Gasteiger partial charge on any atom is 0.410 e. The van der Waals surface area contributed by atoms with E-state index in [1.165, 1.54) is 9.75 Å². The Bertz CT molecular complexity index is 471. The van der Waals surface area contributed by atoms with Gasteiger partial charge in [0.15, 0.2) is 0 Å². The van der Waals surface area contributed by atoms with Crippen LogP contribution in [0.2, 0.25) is 0 Å². The first-order valence-electron chi connectivity index (χ1n) is 7.60. The van der Waals surface area contributed by atoms with E-state index in [1.807, 2.05) is 37.0 Å². The van der Waals surface area contributed by atoms with E-state index in [-0.39, 0.29) is 6.09 Å². The van der Waals surface area contributed by atoms with Gasteiger partial charge in [0.25, 0.3) is 0 Å². The molecule has 1 saturated heterocycles. The number of nitrogens with one attached hydrogen (secondary N) is 1. The van der Waals surface area contributed by atoms with Crippen molar-refractivity contribution in [3.05, 3.63) is 21.9 Å². The number of piperidine rings is 1. The molecule has 0 saturated carbocycles. The summed E-state index contributed by atoms with van der Waals surface area (Å²) in [5.41, 5.74) is -0.413. The fraction of sp³-hybridized carbons (Fsp3) is 0.688. The molecule has 4 nitrogen and oxygen atoms in total. The average molecular weight is 310 g/mol. The molecule has 21 heavy (non-hydrogen) atoms. The third kappa shape index (κ3) is 5.32. The number of hydrogen-bond donors (Lipinski definition) is 1. The van der Waals surface area contributed by atoms with Gasteiger partial charge in [-0.2, -0.15) is 0 Å². The molecule has 0 atom stereocenters. The number of likely N-dealkylation sites (tertiary alicyclic amines) is 1. The molecule has 2 heterocycles. The molecule has 0 radical (unpaired) electrons. The predicted octanol–water partition coefficient (Wildman–Crippen LogP) is 3.55. The quantitative estimate of drug-likeness (QED) is 0.928. The number of nitrogens with zero attached hydrogens (tertiary/aromatic N) is 1. The summed E-state index contributed by atoms with van der Waals surface area (Å²) < 4.78 is 5.41. The summed E-state index contributed by atoms with van der Waals surface area (Å²) in [6.07, 6.45) is 1.79. The number of thiophene rings is 1. The number of hydrogen-bond acceptors (Lipinski definition) is 4. The molecular weight excluding hydrogens is 284 g/mol. The van der Waals surface area contributed by atoms with Crippen LogP contribution in [-0.2, 0) is 11.3 Å². The Kier molecular flexibility index (Phi) is 5.27. The fourth-order valence-electron chi connectivity index (χ4n) is 2.42. The largest absolute Gasteiger partial charge is 0.444 e. The molecule has 1 aromatic heterocycles. The Morgan fingerprint density at radius 3 is 2.57 bits per heavy atom. The number of carbonyl (C=O) groups is 1. The molecule has 5 heteroatoms. The predicted molar refractivity (Wildman–Crippen MR) is 86.7 cm³/mol. The molecule has 0 spiro atoms. The molecule has 118 valence electrons. The molecule has 1 N–H and O–H groups in total. The van der Waals surface area contributed by atoms with Gasteiger partial charge in [0.2, 0.25) is 0 Å². The van der Waals surface area contributed by atoms with E-state index in [0.29, 0.717) is 6.04 Å². The van der Waals surface area contributed by atoms with Crippen LogP contribution in [-0.4, -0.2) is 35.7 Å². The lowest BCUT2D eigenvalue weighted by molar-refractivity contribution is 0.0198. The Labute approximate surface area is 131 Å². The first-order chi connectivity index (χ1) is 9.83. The molecule has 0 bridgehead atoms. The molecule has 1 amide bonds. The van der Waals surface area contributed by atoms with Crippen molar-refractivity contribution < 1.29 is 9.53 Å². The van der Waals surface area contributed by atoms with Crippen molar-refractivity contribution in [3.63, 3.8) is 0 Å². The van der Waals surface area contributed by atoms with Crippen molar-refractivity contribution >= 4 is 17.4 Å². The molecule has 1 fully saturated rings. The summed E-state index contributed by atoms with van der Waals surface area (Å²) in [6.45, 7) is 10.3. The summed E-state index contributed by atoms with van der Waals surface area (Å²) in [7, 11) is 0. The van der Waals surface area contributed by atoms with Crippen molar-refractivity contribution in [3.8, 4) is 0 Å². The van der Waals surface area contributed by atoms with E-state index in [1.54, 1.807) is 0 Å². The van der Waals surface area contributed by atoms with Gasteiger partial charge < -0.3 is 15.0 Å². The Hall–Kier alpha value is -1.07. The van der Waals surface area contributed by atoms with Crippen LogP contribution in [0.4, 0.5) is 4.79 Å². The van der Waals surface area contributed by atoms with Crippen LogP contribution in [0.5, 0.6) is 0 Å². The monoisotopic (exact) mass is 310 g/mol. The third-order valence-corrected chi connectivity index (χ3v) is 4.51. The van der Waals surface area contributed by atoms with E-state index in [2.05, 4.69) is 24.4 Å². The van der Waals surface area contributed by atoms with E-state index in [4.69, 9.17) is 4.74 Å². The molecule has 1 aromatic rings. The minimum Gasteiger partial charge on any atom is -0.444 e. The summed E-state index contributed by atoms with van der Waals surface area (Å²) in [4.78, 5) is 16.5. The minimum atomic E-state index is -0.413. The van der Waals surface area contributed by atoms with Crippen LogP contribution in [0.15, 0.2) is 12.1 Å². The van der Waals surface area contributed by atoms with Crippen molar-refractivity contribution in [2.24, 2.45) is 0 Å². The van der Waals surface area contributed by atoms with Crippen molar-refractivity contribution in [1.82, 2.24) is 10.2 Å². The first-order valence-corrected chi connectivity index (χ1v) is 8.42. The Balaban J connectivity index is 1.72. The molecule has 0 aliphatic carbocycles. The molecule has 0 unspecified atom stereocenters. The maximum absolute atomic E-state index is 12.0. The third-order valence-electron chi connectivity index (χ3n) is 3.51.